The number of nitrogens with one attached hydrogen (secondary N) is 1. The molecule has 182 valence electrons. The van der Waals surface area contributed by atoms with Gasteiger partial charge in [0.1, 0.15) is 12.0 Å². The van der Waals surface area contributed by atoms with E-state index >= 15 is 0 Å². The van der Waals surface area contributed by atoms with Gasteiger partial charge in [-0.25, -0.2) is 9.78 Å². The molecule has 2 aliphatic heterocycles. The fourth-order valence-corrected chi connectivity index (χ4v) is 5.05. The van der Waals surface area contributed by atoms with Crippen LogP contribution in [0.1, 0.15) is 56.2 Å². The number of unbranched alkanes of at least 4 members (excludes halogenated alkanes) is 2. The summed E-state index contributed by atoms with van der Waals surface area (Å²) in [5.41, 5.74) is 0.799. The second kappa shape index (κ2) is 8.46. The standard InChI is InChI=1S/C25H26N4O6/c1-3-5-6-10-26-22-14-12-28-19(21(14)27-17-8-7-9-18(20(17)22)29(33)34)11-16-15(23(28)30)13-35-24(31)25(16,32)4-2/h7-9,11,32H,3-6,10,12-13H2,1-2H3,(H,26,27)/t25-/m0/s1. The smallest absolute Gasteiger partial charge is 0.343 e. The number of hydrogen-bond donors (Lipinski definition) is 2. The largest absolute Gasteiger partial charge is 0.458 e. The number of esters is 1. The molecule has 0 radical (unpaired) electrons. The van der Waals surface area contributed by atoms with Crippen molar-refractivity contribution >= 4 is 28.2 Å². The van der Waals surface area contributed by atoms with Gasteiger partial charge in [-0.05, 0) is 25.0 Å². The highest BCUT2D eigenvalue weighted by Crippen LogP contribution is 2.43. The minimum absolute atomic E-state index is 0.0517. The van der Waals surface area contributed by atoms with Gasteiger partial charge in [-0.15, -0.1) is 0 Å². The van der Waals surface area contributed by atoms with Crippen LogP contribution in [0, 0.1) is 10.1 Å². The van der Waals surface area contributed by atoms with Gasteiger partial charge >= 0.3 is 5.97 Å². The van der Waals surface area contributed by atoms with Crippen LogP contribution in [0.2, 0.25) is 0 Å². The molecule has 0 spiro atoms. The Labute approximate surface area is 200 Å². The summed E-state index contributed by atoms with van der Waals surface area (Å²) < 4.78 is 6.66. The number of carbonyl (C=O) groups excluding carboxylic acids is 1. The Morgan fingerprint density at radius 1 is 1.26 bits per heavy atom. The topological polar surface area (TPSA) is 137 Å². The van der Waals surface area contributed by atoms with Crippen molar-refractivity contribution in [3.05, 3.63) is 61.4 Å². The molecule has 4 heterocycles. The van der Waals surface area contributed by atoms with Crippen LogP contribution in [-0.4, -0.2) is 32.1 Å². The van der Waals surface area contributed by atoms with E-state index in [1.807, 2.05) is 0 Å². The van der Waals surface area contributed by atoms with Crippen molar-refractivity contribution in [3.8, 4) is 11.4 Å². The highest BCUT2D eigenvalue weighted by molar-refractivity contribution is 6.02. The van der Waals surface area contributed by atoms with E-state index in [2.05, 4.69) is 12.2 Å². The van der Waals surface area contributed by atoms with Crippen LogP contribution >= 0.6 is 0 Å². The number of anilines is 1. The van der Waals surface area contributed by atoms with Crippen molar-refractivity contribution in [2.24, 2.45) is 0 Å². The predicted molar refractivity (Wildman–Crippen MR) is 129 cm³/mol. The molecular formula is C25H26N4O6. The third kappa shape index (κ3) is 3.39. The number of rotatable bonds is 7. The van der Waals surface area contributed by atoms with Gasteiger partial charge in [0.15, 0.2) is 5.60 Å². The third-order valence-corrected chi connectivity index (χ3v) is 6.97. The van der Waals surface area contributed by atoms with E-state index in [-0.39, 0.29) is 41.9 Å². The highest BCUT2D eigenvalue weighted by atomic mass is 16.6. The predicted octanol–water partition coefficient (Wildman–Crippen LogP) is 3.59. The van der Waals surface area contributed by atoms with Crippen molar-refractivity contribution in [3.63, 3.8) is 0 Å². The van der Waals surface area contributed by atoms with Crippen molar-refractivity contribution in [1.29, 1.82) is 0 Å². The van der Waals surface area contributed by atoms with E-state index < -0.39 is 16.5 Å². The zero-order chi connectivity index (χ0) is 24.9. The number of fused-ring (bicyclic) bond motifs is 5. The Bertz CT molecular complexity index is 1450. The van der Waals surface area contributed by atoms with Crippen LogP contribution in [0.4, 0.5) is 11.4 Å². The number of carbonyl (C=O) groups is 1. The molecule has 2 aromatic heterocycles. The van der Waals surface area contributed by atoms with Gasteiger partial charge in [0.25, 0.3) is 11.2 Å². The lowest BCUT2D eigenvalue weighted by atomic mass is 9.86. The first-order chi connectivity index (χ1) is 16.8. The van der Waals surface area contributed by atoms with E-state index in [1.54, 1.807) is 25.1 Å². The van der Waals surface area contributed by atoms with Gasteiger partial charge in [-0.2, -0.15) is 0 Å². The van der Waals surface area contributed by atoms with Crippen LogP contribution in [0.5, 0.6) is 0 Å². The molecule has 0 amide bonds. The molecule has 0 bridgehead atoms. The molecule has 0 unspecified atom stereocenters. The highest BCUT2D eigenvalue weighted by Gasteiger charge is 2.45. The van der Waals surface area contributed by atoms with Crippen LogP contribution in [0.3, 0.4) is 0 Å². The Kier molecular flexibility index (Phi) is 5.55. The Morgan fingerprint density at radius 3 is 2.77 bits per heavy atom. The molecule has 1 aromatic carbocycles. The van der Waals surface area contributed by atoms with Gasteiger partial charge < -0.3 is 19.7 Å². The fourth-order valence-electron chi connectivity index (χ4n) is 5.05. The maximum absolute atomic E-state index is 13.5. The minimum Gasteiger partial charge on any atom is -0.458 e. The van der Waals surface area contributed by atoms with Crippen LogP contribution in [-0.2, 0) is 28.3 Å². The Balaban J connectivity index is 1.76. The number of pyridine rings is 2. The van der Waals surface area contributed by atoms with Gasteiger partial charge in [0.05, 0.1) is 39.6 Å². The lowest BCUT2D eigenvalue weighted by Gasteiger charge is -2.31. The number of cyclic esters (lactones) is 1. The summed E-state index contributed by atoms with van der Waals surface area (Å²) in [6.45, 7) is 4.32. The summed E-state index contributed by atoms with van der Waals surface area (Å²) >= 11 is 0. The number of aromatic nitrogens is 2. The third-order valence-electron chi connectivity index (χ3n) is 6.97. The SMILES string of the molecule is CCCCCNc1c2c(nc3cccc([N+](=O)[O-])c13)-c1cc3c(c(=O)n1C2)COC(=O)[C@]3(O)CC. The lowest BCUT2D eigenvalue weighted by molar-refractivity contribution is -0.383. The van der Waals surface area contributed by atoms with Crippen molar-refractivity contribution in [2.75, 3.05) is 11.9 Å². The van der Waals surface area contributed by atoms with E-state index in [4.69, 9.17) is 9.72 Å². The van der Waals surface area contributed by atoms with Crippen molar-refractivity contribution < 1.29 is 19.6 Å². The number of nitrogens with zero attached hydrogens (tertiary/aromatic N) is 3. The maximum Gasteiger partial charge on any atom is 0.343 e. The van der Waals surface area contributed by atoms with Gasteiger partial charge in [-0.1, -0.05) is 32.8 Å². The summed E-state index contributed by atoms with van der Waals surface area (Å²) in [5, 5.41) is 26.7. The summed E-state index contributed by atoms with van der Waals surface area (Å²) in [7, 11) is 0. The molecule has 35 heavy (non-hydrogen) atoms. The van der Waals surface area contributed by atoms with E-state index in [0.717, 1.165) is 19.3 Å². The molecule has 10 heteroatoms. The zero-order valence-electron chi connectivity index (χ0n) is 19.6. The zero-order valence-corrected chi connectivity index (χ0v) is 19.6. The average molecular weight is 479 g/mol. The minimum atomic E-state index is -1.91. The molecule has 10 nitrogen and oxygen atoms in total. The van der Waals surface area contributed by atoms with Crippen LogP contribution in [0.25, 0.3) is 22.3 Å². The average Bonchev–Trinajstić information content (AvgIpc) is 3.22. The van der Waals surface area contributed by atoms with E-state index in [9.17, 15) is 24.8 Å². The fraction of sp³-hybridized carbons (Fsp3) is 0.400. The molecule has 0 saturated carbocycles. The number of non-ortho nitro benzene ring substituents is 1. The van der Waals surface area contributed by atoms with Gasteiger partial charge in [0.2, 0.25) is 0 Å². The van der Waals surface area contributed by atoms with Gasteiger partial charge in [0, 0.05) is 23.7 Å². The number of benzene rings is 1. The number of nitro benzene ring substituents is 1. The first-order valence-corrected chi connectivity index (χ1v) is 11.8. The molecule has 0 aliphatic carbocycles. The molecule has 1 atom stereocenters. The monoisotopic (exact) mass is 478 g/mol. The molecule has 2 aliphatic rings. The first kappa shape index (κ1) is 23.0. The Morgan fingerprint density at radius 2 is 2.06 bits per heavy atom. The number of nitro groups is 1. The molecule has 0 fully saturated rings. The normalized spacial score (nSPS) is 18.1. The Hall–Kier alpha value is -3.79. The van der Waals surface area contributed by atoms with E-state index in [0.29, 0.717) is 40.1 Å². The maximum atomic E-state index is 13.5. The summed E-state index contributed by atoms with van der Waals surface area (Å²) in [5.74, 6) is -0.782. The second-order valence-electron chi connectivity index (χ2n) is 8.98. The lowest BCUT2D eigenvalue weighted by Crippen LogP contribution is -2.44. The first-order valence-electron chi connectivity index (χ1n) is 11.8. The number of ether oxygens (including phenoxy) is 1. The molecule has 3 aromatic rings. The molecule has 0 saturated heterocycles. The van der Waals surface area contributed by atoms with Crippen molar-refractivity contribution in [1.82, 2.24) is 9.55 Å². The van der Waals surface area contributed by atoms with Crippen LogP contribution < -0.4 is 10.9 Å². The number of hydrogen-bond acceptors (Lipinski definition) is 8. The molecule has 5 rings (SSSR count). The number of aliphatic hydroxyl groups is 1. The second-order valence-corrected chi connectivity index (χ2v) is 8.98. The van der Waals surface area contributed by atoms with Crippen LogP contribution in [0.15, 0.2) is 29.1 Å². The molecular weight excluding hydrogens is 452 g/mol. The quantitative estimate of drug-likeness (QED) is 0.178. The molecule has 2 N–H and O–H groups in total. The van der Waals surface area contributed by atoms with E-state index in [1.165, 1.54) is 10.6 Å². The summed E-state index contributed by atoms with van der Waals surface area (Å²) in [6.07, 6.45) is 2.98. The van der Waals surface area contributed by atoms with Crippen molar-refractivity contribution in [2.45, 2.75) is 58.3 Å². The summed E-state index contributed by atoms with van der Waals surface area (Å²) in [4.78, 5) is 42.0. The summed E-state index contributed by atoms with van der Waals surface area (Å²) in [6, 6.07) is 6.38. The van der Waals surface area contributed by atoms with Gasteiger partial charge in [-0.3, -0.25) is 14.9 Å².